The first-order valence-corrected chi connectivity index (χ1v) is 7.47. The zero-order valence-electron chi connectivity index (χ0n) is 12.3. The van der Waals surface area contributed by atoms with Gasteiger partial charge in [-0.25, -0.2) is 4.79 Å². The fraction of sp³-hybridized carbons (Fsp3) is 0.467. The van der Waals surface area contributed by atoms with Crippen molar-refractivity contribution in [1.29, 1.82) is 0 Å². The SMILES string of the molecule is COc1ccc(CNC(=O)N2CCC(C(=O)O)CC2)cc1Cl. The van der Waals surface area contributed by atoms with E-state index in [0.29, 0.717) is 43.2 Å². The molecule has 0 saturated carbocycles. The number of carboxylic acids is 1. The Morgan fingerprint density at radius 3 is 2.64 bits per heavy atom. The molecule has 1 aliphatic rings. The van der Waals surface area contributed by atoms with Crippen molar-refractivity contribution in [3.05, 3.63) is 28.8 Å². The van der Waals surface area contributed by atoms with Crippen LogP contribution in [0.4, 0.5) is 4.79 Å². The number of halogens is 1. The predicted molar refractivity (Wildman–Crippen MR) is 82.2 cm³/mol. The van der Waals surface area contributed by atoms with E-state index in [1.165, 1.54) is 0 Å². The molecule has 0 bridgehead atoms. The van der Waals surface area contributed by atoms with E-state index in [1.807, 2.05) is 6.07 Å². The average molecular weight is 327 g/mol. The van der Waals surface area contributed by atoms with Crippen molar-refractivity contribution in [3.63, 3.8) is 0 Å². The van der Waals surface area contributed by atoms with E-state index in [-0.39, 0.29) is 11.9 Å². The smallest absolute Gasteiger partial charge is 0.317 e. The third kappa shape index (κ3) is 4.04. The molecule has 1 aromatic carbocycles. The van der Waals surface area contributed by atoms with Gasteiger partial charge in [0.2, 0.25) is 0 Å². The molecule has 1 heterocycles. The quantitative estimate of drug-likeness (QED) is 0.890. The van der Waals surface area contributed by atoms with Crippen LogP contribution < -0.4 is 10.1 Å². The van der Waals surface area contributed by atoms with Crippen molar-refractivity contribution >= 4 is 23.6 Å². The molecule has 1 aromatic rings. The number of nitrogens with one attached hydrogen (secondary N) is 1. The summed E-state index contributed by atoms with van der Waals surface area (Å²) in [6.45, 7) is 1.29. The monoisotopic (exact) mass is 326 g/mol. The summed E-state index contributed by atoms with van der Waals surface area (Å²) in [4.78, 5) is 24.6. The van der Waals surface area contributed by atoms with Crippen LogP contribution in [0.5, 0.6) is 5.75 Å². The Labute approximate surface area is 134 Å². The number of amides is 2. The summed E-state index contributed by atoms with van der Waals surface area (Å²) < 4.78 is 5.07. The molecule has 0 atom stereocenters. The van der Waals surface area contributed by atoms with Gasteiger partial charge in [-0.05, 0) is 30.5 Å². The second kappa shape index (κ2) is 7.35. The van der Waals surface area contributed by atoms with Crippen molar-refractivity contribution in [2.45, 2.75) is 19.4 Å². The molecule has 2 rings (SSSR count). The first-order chi connectivity index (χ1) is 10.5. The first-order valence-electron chi connectivity index (χ1n) is 7.09. The molecule has 0 aromatic heterocycles. The Hall–Kier alpha value is -1.95. The zero-order chi connectivity index (χ0) is 16.1. The normalized spacial score (nSPS) is 15.5. The summed E-state index contributed by atoms with van der Waals surface area (Å²) in [5.41, 5.74) is 0.875. The van der Waals surface area contributed by atoms with Gasteiger partial charge < -0.3 is 20.1 Å². The molecule has 0 aliphatic carbocycles. The van der Waals surface area contributed by atoms with Crippen LogP contribution in [-0.4, -0.2) is 42.2 Å². The molecule has 0 radical (unpaired) electrons. The van der Waals surface area contributed by atoms with Crippen LogP contribution in [0.3, 0.4) is 0 Å². The molecule has 22 heavy (non-hydrogen) atoms. The average Bonchev–Trinajstić information content (AvgIpc) is 2.52. The third-order valence-corrected chi connectivity index (χ3v) is 4.09. The molecule has 2 N–H and O–H groups in total. The summed E-state index contributed by atoms with van der Waals surface area (Å²) in [5.74, 6) is -0.537. The number of methoxy groups -OCH3 is 1. The van der Waals surface area contributed by atoms with Crippen LogP contribution in [0.2, 0.25) is 5.02 Å². The molecule has 0 spiro atoms. The van der Waals surface area contributed by atoms with Gasteiger partial charge in [0.05, 0.1) is 18.1 Å². The fourth-order valence-electron chi connectivity index (χ4n) is 2.44. The Kier molecular flexibility index (Phi) is 5.49. The van der Waals surface area contributed by atoms with E-state index in [4.69, 9.17) is 21.4 Å². The van der Waals surface area contributed by atoms with E-state index in [2.05, 4.69) is 5.32 Å². The number of hydrogen-bond acceptors (Lipinski definition) is 3. The number of carbonyl (C=O) groups is 2. The van der Waals surface area contributed by atoms with E-state index < -0.39 is 5.97 Å². The second-order valence-electron chi connectivity index (χ2n) is 5.23. The molecule has 120 valence electrons. The zero-order valence-corrected chi connectivity index (χ0v) is 13.1. The van der Waals surface area contributed by atoms with Gasteiger partial charge in [0, 0.05) is 19.6 Å². The van der Waals surface area contributed by atoms with Gasteiger partial charge in [0.1, 0.15) is 5.75 Å². The number of piperidine rings is 1. The van der Waals surface area contributed by atoms with Gasteiger partial charge in [-0.3, -0.25) is 4.79 Å². The lowest BCUT2D eigenvalue weighted by Crippen LogP contribution is -2.45. The van der Waals surface area contributed by atoms with Crippen molar-refractivity contribution in [1.82, 2.24) is 10.2 Å². The van der Waals surface area contributed by atoms with Gasteiger partial charge in [-0.15, -0.1) is 0 Å². The number of nitrogens with zero attached hydrogens (tertiary/aromatic N) is 1. The lowest BCUT2D eigenvalue weighted by Gasteiger charge is -2.30. The number of carboxylic acid groups (broad SMARTS) is 1. The Balaban J connectivity index is 1.83. The van der Waals surface area contributed by atoms with Crippen LogP contribution in [0.25, 0.3) is 0 Å². The topological polar surface area (TPSA) is 78.9 Å². The van der Waals surface area contributed by atoms with Crippen LogP contribution >= 0.6 is 11.6 Å². The highest BCUT2D eigenvalue weighted by Gasteiger charge is 2.26. The third-order valence-electron chi connectivity index (χ3n) is 3.79. The molecule has 1 aliphatic heterocycles. The first kappa shape index (κ1) is 16.4. The van der Waals surface area contributed by atoms with Gasteiger partial charge in [-0.2, -0.15) is 0 Å². The molecular weight excluding hydrogens is 308 g/mol. The number of rotatable bonds is 4. The molecule has 1 saturated heterocycles. The lowest BCUT2D eigenvalue weighted by atomic mass is 9.97. The molecular formula is C15H19ClN2O4. The highest BCUT2D eigenvalue weighted by molar-refractivity contribution is 6.32. The Bertz CT molecular complexity index is 556. The van der Waals surface area contributed by atoms with E-state index in [9.17, 15) is 9.59 Å². The number of carbonyl (C=O) groups excluding carboxylic acids is 1. The van der Waals surface area contributed by atoms with Crippen LogP contribution in [0.15, 0.2) is 18.2 Å². The maximum Gasteiger partial charge on any atom is 0.317 e. The minimum atomic E-state index is -0.784. The number of hydrogen-bond donors (Lipinski definition) is 2. The lowest BCUT2D eigenvalue weighted by molar-refractivity contribution is -0.143. The van der Waals surface area contributed by atoms with Gasteiger partial charge >= 0.3 is 12.0 Å². The number of likely N-dealkylation sites (tertiary alicyclic amines) is 1. The van der Waals surface area contributed by atoms with Crippen molar-refractivity contribution in [2.24, 2.45) is 5.92 Å². The van der Waals surface area contributed by atoms with Crippen molar-refractivity contribution in [2.75, 3.05) is 20.2 Å². The van der Waals surface area contributed by atoms with Gasteiger partial charge in [0.25, 0.3) is 0 Å². The number of urea groups is 1. The highest BCUT2D eigenvalue weighted by Crippen LogP contribution is 2.25. The fourth-order valence-corrected chi connectivity index (χ4v) is 2.72. The van der Waals surface area contributed by atoms with Crippen molar-refractivity contribution in [3.8, 4) is 5.75 Å². The standard InChI is InChI=1S/C15H19ClN2O4/c1-22-13-3-2-10(8-12(13)16)9-17-15(21)18-6-4-11(5-7-18)14(19)20/h2-3,8,11H,4-7,9H2,1H3,(H,17,21)(H,19,20). The van der Waals surface area contributed by atoms with E-state index >= 15 is 0 Å². The summed E-state index contributed by atoms with van der Waals surface area (Å²) >= 11 is 6.04. The Morgan fingerprint density at radius 1 is 1.41 bits per heavy atom. The maximum absolute atomic E-state index is 12.1. The Morgan fingerprint density at radius 2 is 2.09 bits per heavy atom. The van der Waals surface area contributed by atoms with Gasteiger partial charge in [-0.1, -0.05) is 17.7 Å². The largest absolute Gasteiger partial charge is 0.495 e. The molecule has 2 amide bonds. The highest BCUT2D eigenvalue weighted by atomic mass is 35.5. The van der Waals surface area contributed by atoms with Crippen LogP contribution in [-0.2, 0) is 11.3 Å². The molecule has 6 nitrogen and oxygen atoms in total. The van der Waals surface area contributed by atoms with Crippen LogP contribution in [0, 0.1) is 5.92 Å². The summed E-state index contributed by atoms with van der Waals surface area (Å²) in [6, 6.07) is 5.15. The molecule has 1 fully saturated rings. The number of benzene rings is 1. The number of aliphatic carboxylic acids is 1. The van der Waals surface area contributed by atoms with E-state index in [1.54, 1.807) is 24.1 Å². The van der Waals surface area contributed by atoms with E-state index in [0.717, 1.165) is 5.56 Å². The number of ether oxygens (including phenoxy) is 1. The minimum Gasteiger partial charge on any atom is -0.495 e. The molecule has 7 heteroatoms. The minimum absolute atomic E-state index is 0.184. The maximum atomic E-state index is 12.1. The van der Waals surface area contributed by atoms with Crippen LogP contribution in [0.1, 0.15) is 18.4 Å². The summed E-state index contributed by atoms with van der Waals surface area (Å²) in [6.07, 6.45) is 0.994. The van der Waals surface area contributed by atoms with Gasteiger partial charge in [0.15, 0.2) is 0 Å². The predicted octanol–water partition coefficient (Wildman–Crippen LogP) is 2.35. The summed E-state index contributed by atoms with van der Waals surface area (Å²) in [7, 11) is 1.55. The van der Waals surface area contributed by atoms with Crippen molar-refractivity contribution < 1.29 is 19.4 Å². The molecule has 0 unspecified atom stereocenters. The summed E-state index contributed by atoms with van der Waals surface area (Å²) in [5, 5.41) is 12.3. The second-order valence-corrected chi connectivity index (χ2v) is 5.63.